The number of nitrogens with zero attached hydrogens (tertiary/aromatic N) is 3. The molecule has 0 aliphatic rings. The van der Waals surface area contributed by atoms with Crippen LogP contribution in [0.3, 0.4) is 0 Å². The molecule has 2 heterocycles. The fourth-order valence-electron chi connectivity index (χ4n) is 1.96. The van der Waals surface area contributed by atoms with Gasteiger partial charge in [-0.2, -0.15) is 5.10 Å². The Morgan fingerprint density at radius 1 is 1.53 bits per heavy atom. The summed E-state index contributed by atoms with van der Waals surface area (Å²) in [4.78, 5) is 19.0. The molecular formula is C13H18N4O2. The highest BCUT2D eigenvalue weighted by Gasteiger charge is 2.14. The number of aryl methyl sites for hydroxylation is 1. The predicted octanol–water partition coefficient (Wildman–Crippen LogP) is 1.66. The lowest BCUT2D eigenvalue weighted by Gasteiger charge is -2.13. The monoisotopic (exact) mass is 262 g/mol. The van der Waals surface area contributed by atoms with Crippen molar-refractivity contribution in [2.24, 2.45) is 7.05 Å². The number of methoxy groups -OCH3 is 1. The molecule has 0 amide bonds. The zero-order valence-electron chi connectivity index (χ0n) is 11.4. The summed E-state index contributed by atoms with van der Waals surface area (Å²) < 4.78 is 7.05. The van der Waals surface area contributed by atoms with Crippen LogP contribution in [0.1, 0.15) is 31.7 Å². The van der Waals surface area contributed by atoms with E-state index >= 15 is 0 Å². The first-order valence-electron chi connectivity index (χ1n) is 6.27. The van der Waals surface area contributed by atoms with E-state index in [1.54, 1.807) is 18.0 Å². The Hall–Kier alpha value is -1.95. The van der Waals surface area contributed by atoms with Gasteiger partial charge in [-0.15, -0.1) is 0 Å². The summed E-state index contributed by atoms with van der Waals surface area (Å²) in [5, 5.41) is 4.09. The molecule has 0 saturated heterocycles. The van der Waals surface area contributed by atoms with Gasteiger partial charge in [-0.1, -0.05) is 13.3 Å². The minimum Gasteiger partial charge on any atom is -0.374 e. The molecule has 1 N–H and O–H groups in total. The third kappa shape index (κ3) is 3.08. The molecule has 1 atom stereocenters. The Morgan fingerprint density at radius 3 is 2.89 bits per heavy atom. The fourth-order valence-corrected chi connectivity index (χ4v) is 1.96. The topological polar surface area (TPSA) is 72.8 Å². The molecule has 0 saturated carbocycles. The quantitative estimate of drug-likeness (QED) is 0.889. The van der Waals surface area contributed by atoms with E-state index in [0.29, 0.717) is 11.5 Å². The minimum absolute atomic E-state index is 0.179. The standard InChI is InChI=1S/C13H18N4O2/c1-4-5-11(19-3)13-15-10(6-12(18)16-13)9-7-14-17(2)8-9/h6-8,11H,4-5H2,1-3H3,(H,15,16,18). The summed E-state index contributed by atoms with van der Waals surface area (Å²) in [5.74, 6) is 0.565. The predicted molar refractivity (Wildman–Crippen MR) is 71.7 cm³/mol. The Morgan fingerprint density at radius 2 is 2.32 bits per heavy atom. The average molecular weight is 262 g/mol. The summed E-state index contributed by atoms with van der Waals surface area (Å²) in [6.45, 7) is 2.06. The maximum Gasteiger partial charge on any atom is 0.251 e. The van der Waals surface area contributed by atoms with E-state index in [1.807, 2.05) is 13.2 Å². The van der Waals surface area contributed by atoms with Crippen LogP contribution in [0.25, 0.3) is 11.3 Å². The first-order chi connectivity index (χ1) is 9.13. The molecule has 0 radical (unpaired) electrons. The number of nitrogens with one attached hydrogen (secondary N) is 1. The smallest absolute Gasteiger partial charge is 0.251 e. The Kier molecular flexibility index (Phi) is 4.11. The highest BCUT2D eigenvalue weighted by molar-refractivity contribution is 5.56. The number of aromatic nitrogens is 4. The van der Waals surface area contributed by atoms with Gasteiger partial charge < -0.3 is 9.72 Å². The molecule has 0 bridgehead atoms. The van der Waals surface area contributed by atoms with Crippen molar-refractivity contribution < 1.29 is 4.74 Å². The van der Waals surface area contributed by atoms with Gasteiger partial charge in [0, 0.05) is 32.0 Å². The summed E-state index contributed by atoms with van der Waals surface area (Å²) in [5.41, 5.74) is 1.26. The van der Waals surface area contributed by atoms with E-state index in [0.717, 1.165) is 18.4 Å². The lowest BCUT2D eigenvalue weighted by Crippen LogP contribution is -2.15. The molecule has 0 fully saturated rings. The van der Waals surface area contributed by atoms with Crippen LogP contribution in [0, 0.1) is 0 Å². The van der Waals surface area contributed by atoms with Gasteiger partial charge in [-0.05, 0) is 6.42 Å². The normalized spacial score (nSPS) is 12.6. The molecule has 0 spiro atoms. The molecule has 6 heteroatoms. The maximum atomic E-state index is 11.7. The number of ether oxygens (including phenoxy) is 1. The van der Waals surface area contributed by atoms with Crippen molar-refractivity contribution in [3.8, 4) is 11.3 Å². The third-order valence-corrected chi connectivity index (χ3v) is 2.90. The molecule has 0 aliphatic carbocycles. The van der Waals surface area contributed by atoms with Crippen molar-refractivity contribution in [1.82, 2.24) is 19.7 Å². The number of hydrogen-bond donors (Lipinski definition) is 1. The van der Waals surface area contributed by atoms with Crippen LogP contribution in [0.15, 0.2) is 23.3 Å². The number of hydrogen-bond acceptors (Lipinski definition) is 4. The van der Waals surface area contributed by atoms with Crippen LogP contribution in [0.5, 0.6) is 0 Å². The maximum absolute atomic E-state index is 11.7. The zero-order valence-corrected chi connectivity index (χ0v) is 11.4. The lowest BCUT2D eigenvalue weighted by molar-refractivity contribution is 0.0875. The highest BCUT2D eigenvalue weighted by Crippen LogP contribution is 2.20. The molecule has 0 aliphatic heterocycles. The molecular weight excluding hydrogens is 244 g/mol. The van der Waals surface area contributed by atoms with Crippen LogP contribution < -0.4 is 5.56 Å². The van der Waals surface area contributed by atoms with Crippen molar-refractivity contribution in [3.63, 3.8) is 0 Å². The molecule has 6 nitrogen and oxygen atoms in total. The minimum atomic E-state index is -0.186. The van der Waals surface area contributed by atoms with Crippen LogP contribution in [0.4, 0.5) is 0 Å². The molecule has 2 rings (SSSR count). The van der Waals surface area contributed by atoms with E-state index in [9.17, 15) is 4.79 Å². The van der Waals surface area contributed by atoms with Gasteiger partial charge in [-0.25, -0.2) is 4.98 Å². The second-order valence-electron chi connectivity index (χ2n) is 4.43. The van der Waals surface area contributed by atoms with Gasteiger partial charge >= 0.3 is 0 Å². The molecule has 0 aromatic carbocycles. The number of aromatic amines is 1. The van der Waals surface area contributed by atoms with Crippen molar-refractivity contribution in [3.05, 3.63) is 34.6 Å². The molecule has 2 aromatic heterocycles. The third-order valence-electron chi connectivity index (χ3n) is 2.90. The SMILES string of the molecule is CCCC(OC)c1nc(-c2cnn(C)c2)cc(=O)[nH]1. The summed E-state index contributed by atoms with van der Waals surface area (Å²) in [6.07, 6.45) is 5.10. The molecule has 2 aromatic rings. The van der Waals surface area contributed by atoms with E-state index in [-0.39, 0.29) is 11.7 Å². The second kappa shape index (κ2) is 5.79. The Labute approximate surface area is 111 Å². The highest BCUT2D eigenvalue weighted by atomic mass is 16.5. The van der Waals surface area contributed by atoms with Gasteiger partial charge in [0.15, 0.2) is 0 Å². The summed E-state index contributed by atoms with van der Waals surface area (Å²) in [6, 6.07) is 1.47. The van der Waals surface area contributed by atoms with E-state index in [1.165, 1.54) is 6.07 Å². The van der Waals surface area contributed by atoms with Gasteiger partial charge in [-0.3, -0.25) is 9.48 Å². The van der Waals surface area contributed by atoms with E-state index in [2.05, 4.69) is 22.0 Å². The van der Waals surface area contributed by atoms with Gasteiger partial charge in [0.25, 0.3) is 5.56 Å². The van der Waals surface area contributed by atoms with Crippen molar-refractivity contribution in [2.75, 3.05) is 7.11 Å². The summed E-state index contributed by atoms with van der Waals surface area (Å²) in [7, 11) is 3.45. The van der Waals surface area contributed by atoms with Gasteiger partial charge in [0.2, 0.25) is 0 Å². The first kappa shape index (κ1) is 13.5. The van der Waals surface area contributed by atoms with Crippen LogP contribution >= 0.6 is 0 Å². The Bertz CT molecular complexity index is 603. The van der Waals surface area contributed by atoms with Gasteiger partial charge in [0.05, 0.1) is 11.9 Å². The first-order valence-corrected chi connectivity index (χ1v) is 6.27. The van der Waals surface area contributed by atoms with Crippen LogP contribution in [-0.2, 0) is 11.8 Å². The molecule has 102 valence electrons. The summed E-state index contributed by atoms with van der Waals surface area (Å²) >= 11 is 0. The van der Waals surface area contributed by atoms with E-state index in [4.69, 9.17) is 4.74 Å². The van der Waals surface area contributed by atoms with Gasteiger partial charge in [0.1, 0.15) is 11.9 Å². The molecule has 1 unspecified atom stereocenters. The second-order valence-corrected chi connectivity index (χ2v) is 4.43. The van der Waals surface area contributed by atoms with Crippen LogP contribution in [-0.4, -0.2) is 26.9 Å². The number of H-pyrrole nitrogens is 1. The average Bonchev–Trinajstić information content (AvgIpc) is 2.82. The van der Waals surface area contributed by atoms with E-state index < -0.39 is 0 Å². The van der Waals surface area contributed by atoms with Crippen molar-refractivity contribution >= 4 is 0 Å². The number of rotatable bonds is 5. The Balaban J connectivity index is 2.42. The lowest BCUT2D eigenvalue weighted by atomic mass is 10.2. The zero-order chi connectivity index (χ0) is 13.8. The largest absolute Gasteiger partial charge is 0.374 e. The van der Waals surface area contributed by atoms with Crippen LogP contribution in [0.2, 0.25) is 0 Å². The molecule has 19 heavy (non-hydrogen) atoms. The fraction of sp³-hybridized carbons (Fsp3) is 0.462. The van der Waals surface area contributed by atoms with Crippen molar-refractivity contribution in [1.29, 1.82) is 0 Å². The van der Waals surface area contributed by atoms with Crippen molar-refractivity contribution in [2.45, 2.75) is 25.9 Å².